The standard InChI is InChI=1S/C19H20N6O/c1-19(2)7-6-13-15(9-19)25(3)23-16(13)18-21-17(24-26-18)11-4-5-14-12(8-11)10-20-22-14/h4-5,8,10H,6-7,9H2,1-3H3,(H,20,22). The van der Waals surface area contributed by atoms with Gasteiger partial charge in [-0.25, -0.2) is 0 Å². The molecule has 0 saturated heterocycles. The number of benzene rings is 1. The van der Waals surface area contributed by atoms with Crippen LogP contribution >= 0.6 is 0 Å². The number of rotatable bonds is 2. The summed E-state index contributed by atoms with van der Waals surface area (Å²) in [7, 11) is 1.99. The van der Waals surface area contributed by atoms with Crippen LogP contribution in [0.1, 0.15) is 31.5 Å². The number of H-pyrrole nitrogens is 1. The third-order valence-electron chi connectivity index (χ3n) is 5.30. The van der Waals surface area contributed by atoms with Crippen molar-refractivity contribution in [3.63, 3.8) is 0 Å². The Morgan fingerprint density at radius 1 is 1.27 bits per heavy atom. The molecule has 0 spiro atoms. The van der Waals surface area contributed by atoms with E-state index in [1.807, 2.05) is 29.9 Å². The minimum absolute atomic E-state index is 0.304. The van der Waals surface area contributed by atoms with Crippen LogP contribution in [0.3, 0.4) is 0 Å². The van der Waals surface area contributed by atoms with Crippen LogP contribution in [0.4, 0.5) is 0 Å². The van der Waals surface area contributed by atoms with Gasteiger partial charge in [0.15, 0.2) is 5.69 Å². The summed E-state index contributed by atoms with van der Waals surface area (Å²) in [6, 6.07) is 5.94. The van der Waals surface area contributed by atoms with Gasteiger partial charge in [0.25, 0.3) is 5.89 Å². The number of aryl methyl sites for hydroxylation is 1. The maximum atomic E-state index is 5.57. The smallest absolute Gasteiger partial charge is 0.279 e. The van der Waals surface area contributed by atoms with Crippen molar-refractivity contribution < 1.29 is 4.52 Å². The van der Waals surface area contributed by atoms with Crippen molar-refractivity contribution in [3.8, 4) is 23.0 Å². The normalized spacial score (nSPS) is 16.1. The zero-order chi connectivity index (χ0) is 17.9. The average molecular weight is 348 g/mol. The van der Waals surface area contributed by atoms with Gasteiger partial charge in [0.2, 0.25) is 5.82 Å². The van der Waals surface area contributed by atoms with Crippen molar-refractivity contribution in [1.82, 2.24) is 30.1 Å². The molecule has 7 nitrogen and oxygen atoms in total. The number of aromatic nitrogens is 6. The Balaban J connectivity index is 1.55. The van der Waals surface area contributed by atoms with Crippen LogP contribution in [0.2, 0.25) is 0 Å². The molecule has 0 amide bonds. The molecule has 1 aromatic carbocycles. The summed E-state index contributed by atoms with van der Waals surface area (Å²) in [5.41, 5.74) is 5.53. The van der Waals surface area contributed by atoms with Gasteiger partial charge in [-0.05, 0) is 42.9 Å². The monoisotopic (exact) mass is 348 g/mol. The third-order valence-corrected chi connectivity index (χ3v) is 5.30. The Labute approximate surface area is 150 Å². The van der Waals surface area contributed by atoms with Gasteiger partial charge >= 0.3 is 0 Å². The zero-order valence-electron chi connectivity index (χ0n) is 15.1. The first-order valence-corrected chi connectivity index (χ1v) is 8.82. The van der Waals surface area contributed by atoms with Crippen LogP contribution in [0.15, 0.2) is 28.9 Å². The lowest BCUT2D eigenvalue weighted by molar-refractivity contribution is 0.306. The first kappa shape index (κ1) is 15.3. The molecule has 4 aromatic rings. The van der Waals surface area contributed by atoms with Crippen LogP contribution in [-0.4, -0.2) is 30.1 Å². The molecule has 0 atom stereocenters. The van der Waals surface area contributed by atoms with Crippen molar-refractivity contribution in [2.24, 2.45) is 12.5 Å². The fourth-order valence-electron chi connectivity index (χ4n) is 3.78. The Kier molecular flexibility index (Phi) is 3.10. The zero-order valence-corrected chi connectivity index (χ0v) is 15.1. The number of hydrogen-bond acceptors (Lipinski definition) is 5. The highest BCUT2D eigenvalue weighted by Gasteiger charge is 2.32. The number of nitrogens with one attached hydrogen (secondary N) is 1. The van der Waals surface area contributed by atoms with Gasteiger partial charge < -0.3 is 4.52 Å². The van der Waals surface area contributed by atoms with E-state index in [4.69, 9.17) is 4.52 Å². The van der Waals surface area contributed by atoms with Crippen molar-refractivity contribution >= 4 is 10.9 Å². The molecule has 132 valence electrons. The van der Waals surface area contributed by atoms with Crippen LogP contribution in [0, 0.1) is 5.41 Å². The van der Waals surface area contributed by atoms with Crippen molar-refractivity contribution in [2.75, 3.05) is 0 Å². The van der Waals surface area contributed by atoms with E-state index in [1.165, 1.54) is 11.3 Å². The second-order valence-corrected chi connectivity index (χ2v) is 7.83. The van der Waals surface area contributed by atoms with Crippen LogP contribution in [-0.2, 0) is 19.9 Å². The second kappa shape index (κ2) is 5.27. The lowest BCUT2D eigenvalue weighted by atomic mass is 9.76. The number of hydrogen-bond donors (Lipinski definition) is 1. The Bertz CT molecular complexity index is 1120. The predicted molar refractivity (Wildman–Crippen MR) is 97.4 cm³/mol. The van der Waals surface area contributed by atoms with Crippen LogP contribution in [0.25, 0.3) is 33.9 Å². The molecule has 0 radical (unpaired) electrons. The van der Waals surface area contributed by atoms with Gasteiger partial charge in [-0.15, -0.1) is 0 Å². The summed E-state index contributed by atoms with van der Waals surface area (Å²) in [6.45, 7) is 4.61. The molecular formula is C19H20N6O. The number of aromatic amines is 1. The predicted octanol–water partition coefficient (Wildman–Crippen LogP) is 3.53. The Hall–Kier alpha value is -2.96. The summed E-state index contributed by atoms with van der Waals surface area (Å²) >= 11 is 0. The highest BCUT2D eigenvalue weighted by molar-refractivity contribution is 5.82. The largest absolute Gasteiger partial charge is 0.332 e. The maximum Gasteiger partial charge on any atom is 0.279 e. The van der Waals surface area contributed by atoms with E-state index >= 15 is 0 Å². The molecule has 3 heterocycles. The van der Waals surface area contributed by atoms with Gasteiger partial charge in [-0.1, -0.05) is 19.0 Å². The molecule has 0 saturated carbocycles. The van der Waals surface area contributed by atoms with Crippen LogP contribution in [0.5, 0.6) is 0 Å². The van der Waals surface area contributed by atoms with E-state index in [0.717, 1.165) is 41.4 Å². The minimum Gasteiger partial charge on any atom is -0.332 e. The molecule has 26 heavy (non-hydrogen) atoms. The van der Waals surface area contributed by atoms with Gasteiger partial charge in [-0.2, -0.15) is 15.2 Å². The molecular weight excluding hydrogens is 328 g/mol. The van der Waals surface area contributed by atoms with E-state index in [2.05, 4.69) is 39.3 Å². The first-order valence-electron chi connectivity index (χ1n) is 8.82. The van der Waals surface area contributed by atoms with Gasteiger partial charge in [0.05, 0.1) is 11.7 Å². The SMILES string of the molecule is Cn1nc(-c2nc(-c3ccc4[nH]ncc4c3)no2)c2c1CC(C)(C)CC2. The van der Waals surface area contributed by atoms with E-state index in [9.17, 15) is 0 Å². The number of fused-ring (bicyclic) bond motifs is 2. The lowest BCUT2D eigenvalue weighted by Gasteiger charge is -2.29. The number of nitrogens with zero attached hydrogens (tertiary/aromatic N) is 5. The molecule has 0 unspecified atom stereocenters. The van der Waals surface area contributed by atoms with E-state index in [0.29, 0.717) is 17.1 Å². The summed E-state index contributed by atoms with van der Waals surface area (Å²) in [5.74, 6) is 1.06. The molecule has 7 heteroatoms. The first-order chi connectivity index (χ1) is 12.5. The molecule has 5 rings (SSSR count). The molecule has 3 aromatic heterocycles. The molecule has 1 aliphatic rings. The van der Waals surface area contributed by atoms with Crippen molar-refractivity contribution in [1.29, 1.82) is 0 Å². The topological polar surface area (TPSA) is 85.4 Å². The maximum absolute atomic E-state index is 5.57. The summed E-state index contributed by atoms with van der Waals surface area (Å²) in [5, 5.41) is 16.9. The van der Waals surface area contributed by atoms with E-state index < -0.39 is 0 Å². The fraction of sp³-hybridized carbons (Fsp3) is 0.368. The van der Waals surface area contributed by atoms with Gasteiger partial charge in [-0.3, -0.25) is 9.78 Å². The van der Waals surface area contributed by atoms with E-state index in [-0.39, 0.29) is 0 Å². The summed E-state index contributed by atoms with van der Waals surface area (Å²) < 4.78 is 7.53. The lowest BCUT2D eigenvalue weighted by Crippen LogP contribution is -2.23. The van der Waals surface area contributed by atoms with Crippen molar-refractivity contribution in [3.05, 3.63) is 35.7 Å². The third kappa shape index (κ3) is 2.34. The van der Waals surface area contributed by atoms with Crippen molar-refractivity contribution in [2.45, 2.75) is 33.1 Å². The Morgan fingerprint density at radius 2 is 2.15 bits per heavy atom. The molecule has 0 bridgehead atoms. The molecule has 1 aliphatic carbocycles. The van der Waals surface area contributed by atoms with Gasteiger partial charge in [0, 0.05) is 29.3 Å². The highest BCUT2D eigenvalue weighted by atomic mass is 16.5. The average Bonchev–Trinajstić information content (AvgIpc) is 3.32. The quantitative estimate of drug-likeness (QED) is 0.599. The molecule has 0 aliphatic heterocycles. The van der Waals surface area contributed by atoms with Crippen LogP contribution < -0.4 is 0 Å². The minimum atomic E-state index is 0.304. The highest BCUT2D eigenvalue weighted by Crippen LogP contribution is 2.38. The van der Waals surface area contributed by atoms with Gasteiger partial charge in [0.1, 0.15) is 0 Å². The summed E-state index contributed by atoms with van der Waals surface area (Å²) in [6.07, 6.45) is 4.93. The fourth-order valence-corrected chi connectivity index (χ4v) is 3.78. The molecule has 0 fully saturated rings. The Morgan fingerprint density at radius 3 is 3.04 bits per heavy atom. The summed E-state index contributed by atoms with van der Waals surface area (Å²) in [4.78, 5) is 4.62. The molecule has 1 N–H and O–H groups in total. The second-order valence-electron chi connectivity index (χ2n) is 7.83. The van der Waals surface area contributed by atoms with E-state index in [1.54, 1.807) is 6.20 Å².